The van der Waals surface area contributed by atoms with E-state index in [1.54, 1.807) is 4.40 Å². The molecule has 0 aliphatic rings. The van der Waals surface area contributed by atoms with E-state index in [9.17, 15) is 4.79 Å². The summed E-state index contributed by atoms with van der Waals surface area (Å²) in [7, 11) is 0. The molecule has 8 heteroatoms. The van der Waals surface area contributed by atoms with Gasteiger partial charge >= 0.3 is 0 Å². The van der Waals surface area contributed by atoms with Crippen LogP contribution in [-0.2, 0) is 0 Å². The lowest BCUT2D eigenvalue weighted by Crippen LogP contribution is -2.11. The number of aromatic nitrogens is 4. The number of ether oxygens (including phenoxy) is 1. The second-order valence-corrected chi connectivity index (χ2v) is 5.27. The average Bonchev–Trinajstić information content (AvgIpc) is 2.88. The van der Waals surface area contributed by atoms with E-state index < -0.39 is 0 Å². The molecule has 3 N–H and O–H groups in total. The number of thioether (sulfide) groups is 1. The van der Waals surface area contributed by atoms with Crippen molar-refractivity contribution in [3.8, 4) is 5.75 Å². The quantitative estimate of drug-likeness (QED) is 0.542. The Morgan fingerprint density at radius 1 is 1.29 bits per heavy atom. The van der Waals surface area contributed by atoms with Crippen molar-refractivity contribution in [2.75, 3.05) is 18.1 Å². The maximum atomic E-state index is 11.3. The molecule has 0 amide bonds. The van der Waals surface area contributed by atoms with Crippen molar-refractivity contribution in [2.24, 2.45) is 0 Å². The summed E-state index contributed by atoms with van der Waals surface area (Å²) in [4.78, 5) is 13.9. The van der Waals surface area contributed by atoms with Crippen molar-refractivity contribution in [2.45, 2.75) is 5.16 Å². The highest BCUT2D eigenvalue weighted by atomic mass is 32.2. The molecular weight excluding hydrogens is 290 g/mol. The minimum Gasteiger partial charge on any atom is -0.493 e. The van der Waals surface area contributed by atoms with Gasteiger partial charge in [-0.25, -0.2) is 4.40 Å². The number of nitrogens with one attached hydrogen (secondary N) is 1. The minimum atomic E-state index is -0.295. The molecule has 21 heavy (non-hydrogen) atoms. The molecule has 0 saturated heterocycles. The molecule has 0 radical (unpaired) electrons. The lowest BCUT2D eigenvalue weighted by molar-refractivity contribution is 0.344. The molecule has 2 heterocycles. The Kier molecular flexibility index (Phi) is 3.78. The van der Waals surface area contributed by atoms with Crippen molar-refractivity contribution in [1.82, 2.24) is 19.6 Å². The van der Waals surface area contributed by atoms with E-state index in [1.165, 1.54) is 17.8 Å². The molecule has 7 nitrogen and oxygen atoms in total. The van der Waals surface area contributed by atoms with Crippen molar-refractivity contribution < 1.29 is 4.74 Å². The smallest absolute Gasteiger partial charge is 0.254 e. The Morgan fingerprint density at radius 2 is 2.10 bits per heavy atom. The molecule has 0 aliphatic carbocycles. The van der Waals surface area contributed by atoms with Crippen LogP contribution in [0.3, 0.4) is 0 Å². The van der Waals surface area contributed by atoms with Crippen molar-refractivity contribution in [3.05, 3.63) is 46.8 Å². The molecule has 0 atom stereocenters. The van der Waals surface area contributed by atoms with Crippen LogP contribution in [0.5, 0.6) is 5.75 Å². The monoisotopic (exact) mass is 303 g/mol. The Balaban J connectivity index is 1.65. The first-order chi connectivity index (χ1) is 10.2. The van der Waals surface area contributed by atoms with Crippen LogP contribution in [0, 0.1) is 0 Å². The molecule has 0 fully saturated rings. The first-order valence-electron chi connectivity index (χ1n) is 6.28. The third-order valence-corrected chi connectivity index (χ3v) is 3.63. The number of rotatable bonds is 5. The van der Waals surface area contributed by atoms with Crippen LogP contribution in [0.25, 0.3) is 5.78 Å². The predicted molar refractivity (Wildman–Crippen MR) is 80.7 cm³/mol. The van der Waals surface area contributed by atoms with E-state index >= 15 is 0 Å². The molecule has 1 aromatic carbocycles. The van der Waals surface area contributed by atoms with E-state index in [1.807, 2.05) is 30.3 Å². The van der Waals surface area contributed by atoms with Gasteiger partial charge in [0.15, 0.2) is 5.16 Å². The van der Waals surface area contributed by atoms with Gasteiger partial charge in [0.25, 0.3) is 5.56 Å². The van der Waals surface area contributed by atoms with Gasteiger partial charge in [-0.2, -0.15) is 0 Å². The summed E-state index contributed by atoms with van der Waals surface area (Å²) in [5.41, 5.74) is 5.52. The van der Waals surface area contributed by atoms with E-state index in [0.717, 1.165) is 5.75 Å². The molecule has 3 aromatic rings. The Bertz CT molecular complexity index is 799. The van der Waals surface area contributed by atoms with Crippen LogP contribution in [0.2, 0.25) is 0 Å². The Hall–Kier alpha value is -2.48. The molecular formula is C13H13N5O2S. The molecule has 3 rings (SSSR count). The second kappa shape index (κ2) is 5.88. The third-order valence-electron chi connectivity index (χ3n) is 2.73. The number of para-hydroxylation sites is 1. The highest BCUT2D eigenvalue weighted by molar-refractivity contribution is 7.99. The van der Waals surface area contributed by atoms with Crippen LogP contribution >= 0.6 is 11.8 Å². The fourth-order valence-electron chi connectivity index (χ4n) is 1.83. The summed E-state index contributed by atoms with van der Waals surface area (Å²) >= 11 is 1.46. The van der Waals surface area contributed by atoms with E-state index in [0.29, 0.717) is 29.1 Å². The van der Waals surface area contributed by atoms with Crippen molar-refractivity contribution in [3.63, 3.8) is 0 Å². The fraction of sp³-hybridized carbons (Fsp3) is 0.154. The highest BCUT2D eigenvalue weighted by Gasteiger charge is 2.09. The minimum absolute atomic E-state index is 0.295. The molecule has 0 saturated carbocycles. The number of benzene rings is 1. The standard InChI is InChI=1S/C13H13N5O2S/c14-10-8-11(19)15-12-16-17-13(18(10)12)21-7-6-20-9-4-2-1-3-5-9/h1-5,8H,6-7,14H2,(H,15,16,19). The number of anilines is 1. The summed E-state index contributed by atoms with van der Waals surface area (Å²) in [6, 6.07) is 10.9. The number of hydrogen-bond donors (Lipinski definition) is 2. The van der Waals surface area contributed by atoms with Crippen molar-refractivity contribution in [1.29, 1.82) is 0 Å². The number of nitrogens with two attached hydrogens (primary N) is 1. The summed E-state index contributed by atoms with van der Waals surface area (Å²) in [6.07, 6.45) is 0. The molecule has 0 bridgehead atoms. The number of nitrogens with zero attached hydrogens (tertiary/aromatic N) is 3. The highest BCUT2D eigenvalue weighted by Crippen LogP contribution is 2.18. The van der Waals surface area contributed by atoms with Gasteiger partial charge in [-0.3, -0.25) is 9.78 Å². The van der Waals surface area contributed by atoms with Gasteiger partial charge in [0.05, 0.1) is 6.61 Å². The van der Waals surface area contributed by atoms with Crippen LogP contribution in [0.15, 0.2) is 46.3 Å². The molecule has 0 unspecified atom stereocenters. The number of hydrogen-bond acceptors (Lipinski definition) is 6. The van der Waals surface area contributed by atoms with Gasteiger partial charge < -0.3 is 10.5 Å². The van der Waals surface area contributed by atoms with Gasteiger partial charge in [0, 0.05) is 11.8 Å². The average molecular weight is 303 g/mol. The van der Waals surface area contributed by atoms with Crippen LogP contribution < -0.4 is 16.0 Å². The molecule has 108 valence electrons. The van der Waals surface area contributed by atoms with E-state index in [-0.39, 0.29) is 5.56 Å². The Morgan fingerprint density at radius 3 is 2.90 bits per heavy atom. The van der Waals surface area contributed by atoms with Crippen LogP contribution in [0.1, 0.15) is 0 Å². The summed E-state index contributed by atoms with van der Waals surface area (Å²) < 4.78 is 7.20. The zero-order valence-electron chi connectivity index (χ0n) is 11.0. The van der Waals surface area contributed by atoms with Crippen molar-refractivity contribution >= 4 is 23.4 Å². The zero-order valence-corrected chi connectivity index (χ0v) is 11.8. The van der Waals surface area contributed by atoms with Gasteiger partial charge in [-0.15, -0.1) is 10.2 Å². The fourth-order valence-corrected chi connectivity index (χ4v) is 2.60. The first kappa shape index (κ1) is 13.5. The van der Waals surface area contributed by atoms with Gasteiger partial charge in [0.2, 0.25) is 5.78 Å². The van der Waals surface area contributed by atoms with Gasteiger partial charge in [0.1, 0.15) is 11.6 Å². The van der Waals surface area contributed by atoms with Gasteiger partial charge in [-0.05, 0) is 12.1 Å². The summed E-state index contributed by atoms with van der Waals surface area (Å²) in [6.45, 7) is 0.535. The number of nitrogen functional groups attached to an aromatic ring is 1. The predicted octanol–water partition coefficient (Wildman–Crippen LogP) is 1.17. The zero-order chi connectivity index (χ0) is 14.7. The number of aromatic amines is 1. The normalized spacial score (nSPS) is 10.9. The summed E-state index contributed by atoms with van der Waals surface area (Å²) in [5, 5.41) is 8.53. The lowest BCUT2D eigenvalue weighted by atomic mass is 10.3. The molecule has 0 spiro atoms. The van der Waals surface area contributed by atoms with E-state index in [4.69, 9.17) is 10.5 Å². The molecule has 0 aliphatic heterocycles. The third kappa shape index (κ3) is 3.00. The van der Waals surface area contributed by atoms with E-state index in [2.05, 4.69) is 15.2 Å². The van der Waals surface area contributed by atoms with Gasteiger partial charge in [-0.1, -0.05) is 30.0 Å². The second-order valence-electron chi connectivity index (χ2n) is 4.21. The first-order valence-corrected chi connectivity index (χ1v) is 7.27. The largest absolute Gasteiger partial charge is 0.493 e. The molecule has 2 aromatic heterocycles. The SMILES string of the molecule is Nc1cc(=O)[nH]c2nnc(SCCOc3ccccc3)n12. The van der Waals surface area contributed by atoms with Crippen LogP contribution in [-0.4, -0.2) is 31.9 Å². The maximum Gasteiger partial charge on any atom is 0.254 e. The lowest BCUT2D eigenvalue weighted by Gasteiger charge is -2.05. The maximum absolute atomic E-state index is 11.3. The topological polar surface area (TPSA) is 98.3 Å². The number of fused-ring (bicyclic) bond motifs is 1. The van der Waals surface area contributed by atoms with Crippen LogP contribution in [0.4, 0.5) is 5.82 Å². The number of H-pyrrole nitrogens is 1. The summed E-state index contributed by atoms with van der Waals surface area (Å²) in [5.74, 6) is 2.17. The Labute approximate surface area is 124 Å².